The minimum absolute atomic E-state index is 0.498. The fraction of sp³-hybridized carbons (Fsp3) is 0.105. The number of imidazole rings is 1. The molecule has 3 N–H and O–H groups in total. The van der Waals surface area contributed by atoms with Crippen molar-refractivity contribution in [2.75, 3.05) is 5.32 Å². The van der Waals surface area contributed by atoms with Crippen LogP contribution in [0.1, 0.15) is 5.56 Å². The second kappa shape index (κ2) is 10.2. The molecule has 152 valence electrons. The summed E-state index contributed by atoms with van der Waals surface area (Å²) < 4.78 is 1.97. The highest BCUT2D eigenvalue weighted by atomic mass is 35.5. The van der Waals surface area contributed by atoms with Crippen LogP contribution in [0.15, 0.2) is 48.7 Å². The molecule has 1 heterocycles. The molecule has 0 aliphatic rings. The van der Waals surface area contributed by atoms with Gasteiger partial charge in [-0.25, -0.2) is 14.6 Å². The summed E-state index contributed by atoms with van der Waals surface area (Å²) in [5, 5.41) is 20.0. The molecule has 7 nitrogen and oxygen atoms in total. The van der Waals surface area contributed by atoms with Crippen LogP contribution in [-0.4, -0.2) is 31.7 Å². The molecule has 0 spiro atoms. The van der Waals surface area contributed by atoms with E-state index >= 15 is 0 Å². The molecule has 3 rings (SSSR count). The third-order valence-corrected chi connectivity index (χ3v) is 4.72. The second-order valence-electron chi connectivity index (χ2n) is 5.70. The maximum absolute atomic E-state index is 9.10. The van der Waals surface area contributed by atoms with Gasteiger partial charge >= 0.3 is 11.9 Å². The van der Waals surface area contributed by atoms with E-state index in [-0.39, 0.29) is 0 Å². The van der Waals surface area contributed by atoms with Gasteiger partial charge in [0.15, 0.2) is 0 Å². The highest BCUT2D eigenvalue weighted by Crippen LogP contribution is 2.27. The predicted molar refractivity (Wildman–Crippen MR) is 113 cm³/mol. The number of aliphatic carboxylic acids is 2. The van der Waals surface area contributed by atoms with Gasteiger partial charge in [0.2, 0.25) is 5.95 Å². The molecule has 1 aromatic heterocycles. The standard InChI is InChI=1S/C17H14Cl3N3.C2H2O4/c1-23-16(11-4-2-5-12(18)8-11)10-22-17(23)21-9-13-14(19)6-3-7-15(13)20;3-1(4)2(5)6/h2-8,10H,9H2,1H3,(H,21,22);(H,3,4)(H,5,6). The lowest BCUT2D eigenvalue weighted by Crippen LogP contribution is -2.09. The van der Waals surface area contributed by atoms with Crippen molar-refractivity contribution < 1.29 is 19.8 Å². The third-order valence-electron chi connectivity index (χ3n) is 3.78. The van der Waals surface area contributed by atoms with Gasteiger partial charge in [0.25, 0.3) is 0 Å². The Bertz CT molecular complexity index is 1010. The fourth-order valence-corrected chi connectivity index (χ4v) is 3.08. The van der Waals surface area contributed by atoms with Crippen LogP contribution in [0.5, 0.6) is 0 Å². The van der Waals surface area contributed by atoms with Crippen LogP contribution in [-0.2, 0) is 23.2 Å². The fourth-order valence-electron chi connectivity index (χ4n) is 2.36. The van der Waals surface area contributed by atoms with Crippen molar-refractivity contribution in [1.29, 1.82) is 0 Å². The van der Waals surface area contributed by atoms with Crippen molar-refractivity contribution >= 4 is 52.7 Å². The summed E-state index contributed by atoms with van der Waals surface area (Å²) in [7, 11) is 1.94. The number of hydrogen-bond donors (Lipinski definition) is 3. The summed E-state index contributed by atoms with van der Waals surface area (Å²) in [6.45, 7) is 0.498. The first-order valence-corrected chi connectivity index (χ1v) is 9.24. The Morgan fingerprint density at radius 1 is 1.03 bits per heavy atom. The Morgan fingerprint density at radius 3 is 2.17 bits per heavy atom. The van der Waals surface area contributed by atoms with Gasteiger partial charge in [-0.1, -0.05) is 53.0 Å². The second-order valence-corrected chi connectivity index (χ2v) is 6.95. The molecule has 0 fully saturated rings. The smallest absolute Gasteiger partial charge is 0.414 e. The number of hydrogen-bond acceptors (Lipinski definition) is 4. The maximum Gasteiger partial charge on any atom is 0.414 e. The van der Waals surface area contributed by atoms with Crippen LogP contribution in [0.2, 0.25) is 15.1 Å². The third kappa shape index (κ3) is 6.12. The van der Waals surface area contributed by atoms with Gasteiger partial charge in [-0.2, -0.15) is 0 Å². The van der Waals surface area contributed by atoms with Crippen LogP contribution in [0.25, 0.3) is 11.3 Å². The lowest BCUT2D eigenvalue weighted by atomic mass is 10.2. The molecule has 0 unspecified atom stereocenters. The highest BCUT2D eigenvalue weighted by molar-refractivity contribution is 6.36. The Balaban J connectivity index is 0.000000438. The van der Waals surface area contributed by atoms with Gasteiger partial charge in [-0.3, -0.25) is 0 Å². The molecule has 0 aliphatic heterocycles. The number of carboxylic acids is 2. The monoisotopic (exact) mass is 455 g/mol. The molecule has 2 aromatic carbocycles. The zero-order chi connectivity index (χ0) is 21.6. The van der Waals surface area contributed by atoms with Crippen LogP contribution >= 0.6 is 34.8 Å². The average Bonchev–Trinajstić information content (AvgIpc) is 3.02. The number of rotatable bonds is 4. The summed E-state index contributed by atoms with van der Waals surface area (Å²) >= 11 is 18.4. The van der Waals surface area contributed by atoms with Gasteiger partial charge in [0.1, 0.15) is 0 Å². The number of aromatic nitrogens is 2. The van der Waals surface area contributed by atoms with E-state index in [0.717, 1.165) is 22.8 Å². The van der Waals surface area contributed by atoms with Crippen molar-refractivity contribution in [2.45, 2.75) is 6.54 Å². The largest absolute Gasteiger partial charge is 0.473 e. The van der Waals surface area contributed by atoms with Crippen molar-refractivity contribution in [3.63, 3.8) is 0 Å². The predicted octanol–water partition coefficient (Wildman–Crippen LogP) is 4.82. The Kier molecular flexibility index (Phi) is 7.90. The minimum atomic E-state index is -1.82. The quantitative estimate of drug-likeness (QED) is 0.486. The van der Waals surface area contributed by atoms with Crippen LogP contribution in [0, 0.1) is 0 Å². The van der Waals surface area contributed by atoms with E-state index in [1.54, 1.807) is 0 Å². The van der Waals surface area contributed by atoms with Crippen LogP contribution in [0.4, 0.5) is 5.95 Å². The molecule has 0 saturated carbocycles. The van der Waals surface area contributed by atoms with Gasteiger partial charge in [0.05, 0.1) is 11.9 Å². The number of carboxylic acid groups (broad SMARTS) is 2. The highest BCUT2D eigenvalue weighted by Gasteiger charge is 2.11. The molecule has 10 heteroatoms. The molecule has 0 bridgehead atoms. The van der Waals surface area contributed by atoms with Crippen molar-refractivity contribution in [3.8, 4) is 11.3 Å². The Labute approximate surface area is 181 Å². The number of benzene rings is 2. The Morgan fingerprint density at radius 2 is 1.62 bits per heavy atom. The van der Waals surface area contributed by atoms with E-state index in [9.17, 15) is 0 Å². The summed E-state index contributed by atoms with van der Waals surface area (Å²) in [6, 6.07) is 13.1. The number of carbonyl (C=O) groups is 2. The summed E-state index contributed by atoms with van der Waals surface area (Å²) in [5.41, 5.74) is 2.83. The molecule has 0 amide bonds. The topological polar surface area (TPSA) is 104 Å². The van der Waals surface area contributed by atoms with E-state index in [2.05, 4.69) is 10.3 Å². The molecular formula is C19H16Cl3N3O4. The molecule has 0 radical (unpaired) electrons. The number of nitrogens with one attached hydrogen (secondary N) is 1. The zero-order valence-electron chi connectivity index (χ0n) is 15.1. The number of anilines is 1. The Hall–Kier alpha value is -2.74. The van der Waals surface area contributed by atoms with Crippen LogP contribution in [0.3, 0.4) is 0 Å². The van der Waals surface area contributed by atoms with Crippen molar-refractivity contribution in [2.24, 2.45) is 7.05 Å². The first kappa shape index (κ1) is 22.5. The van der Waals surface area contributed by atoms with E-state index in [1.807, 2.05) is 60.3 Å². The average molecular weight is 457 g/mol. The molecule has 0 atom stereocenters. The molecule has 3 aromatic rings. The van der Waals surface area contributed by atoms with Gasteiger partial charge in [0, 0.05) is 39.8 Å². The van der Waals surface area contributed by atoms with Gasteiger partial charge in [-0.15, -0.1) is 0 Å². The van der Waals surface area contributed by atoms with E-state index in [4.69, 9.17) is 54.6 Å². The van der Waals surface area contributed by atoms with Crippen molar-refractivity contribution in [3.05, 3.63) is 69.3 Å². The minimum Gasteiger partial charge on any atom is -0.473 e. The summed E-state index contributed by atoms with van der Waals surface area (Å²) in [5.74, 6) is -2.92. The van der Waals surface area contributed by atoms with E-state index < -0.39 is 11.9 Å². The first-order valence-electron chi connectivity index (χ1n) is 8.11. The van der Waals surface area contributed by atoms with Crippen molar-refractivity contribution in [1.82, 2.24) is 9.55 Å². The number of halogens is 3. The summed E-state index contributed by atoms with van der Waals surface area (Å²) in [6.07, 6.45) is 1.81. The number of nitrogens with zero attached hydrogens (tertiary/aromatic N) is 2. The SMILES string of the molecule is Cn1c(-c2cccc(Cl)c2)cnc1NCc1c(Cl)cccc1Cl.O=C(O)C(=O)O. The van der Waals surface area contributed by atoms with E-state index in [1.165, 1.54) is 0 Å². The van der Waals surface area contributed by atoms with Gasteiger partial charge in [-0.05, 0) is 24.3 Å². The summed E-state index contributed by atoms with van der Waals surface area (Å²) in [4.78, 5) is 22.6. The zero-order valence-corrected chi connectivity index (χ0v) is 17.3. The molecule has 0 aliphatic carbocycles. The van der Waals surface area contributed by atoms with E-state index in [0.29, 0.717) is 21.6 Å². The maximum atomic E-state index is 9.10. The van der Waals surface area contributed by atoms with Gasteiger partial charge < -0.3 is 20.1 Å². The molecule has 0 saturated heterocycles. The first-order chi connectivity index (χ1) is 13.7. The van der Waals surface area contributed by atoms with Crippen LogP contribution < -0.4 is 5.32 Å². The molecular weight excluding hydrogens is 441 g/mol. The lowest BCUT2D eigenvalue weighted by molar-refractivity contribution is -0.159. The lowest BCUT2D eigenvalue weighted by Gasteiger charge is -2.11. The normalized spacial score (nSPS) is 10.1. The molecule has 29 heavy (non-hydrogen) atoms.